The summed E-state index contributed by atoms with van der Waals surface area (Å²) in [6.07, 6.45) is 9.36. The summed E-state index contributed by atoms with van der Waals surface area (Å²) in [5.41, 5.74) is 0.659. The van der Waals surface area contributed by atoms with Crippen molar-refractivity contribution in [3.8, 4) is 0 Å². The van der Waals surface area contributed by atoms with Gasteiger partial charge in [-0.3, -0.25) is 19.6 Å². The van der Waals surface area contributed by atoms with E-state index in [1.165, 1.54) is 0 Å². The van der Waals surface area contributed by atoms with E-state index in [4.69, 9.17) is 0 Å². The van der Waals surface area contributed by atoms with Crippen LogP contribution < -0.4 is 5.32 Å². The highest BCUT2D eigenvalue weighted by atomic mass is 16.4. The summed E-state index contributed by atoms with van der Waals surface area (Å²) in [5.74, 6) is -2.14. The van der Waals surface area contributed by atoms with E-state index in [1.54, 1.807) is 18.6 Å². The van der Waals surface area contributed by atoms with Crippen LogP contribution >= 0.6 is 0 Å². The van der Waals surface area contributed by atoms with Gasteiger partial charge in [0.1, 0.15) is 0 Å². The molecule has 0 saturated heterocycles. The van der Waals surface area contributed by atoms with Gasteiger partial charge in [-0.15, -0.1) is 0 Å². The standard InChI is InChI=1S/C14H15N3O3/c18-13(17-7-10-6-15-3-4-16-10)11-8-1-2-9(5-8)12(11)14(19)20/h1-4,6,8-9,11-12H,5,7H2,(H,17,18)(H,19,20). The summed E-state index contributed by atoms with van der Waals surface area (Å²) in [6, 6.07) is 0. The van der Waals surface area contributed by atoms with E-state index < -0.39 is 17.8 Å². The Morgan fingerprint density at radius 3 is 2.65 bits per heavy atom. The molecule has 0 spiro atoms. The van der Waals surface area contributed by atoms with E-state index in [9.17, 15) is 14.7 Å². The second-order valence-corrected chi connectivity index (χ2v) is 5.25. The quantitative estimate of drug-likeness (QED) is 0.784. The number of hydrogen-bond donors (Lipinski definition) is 2. The molecule has 4 unspecified atom stereocenters. The Bertz CT molecular complexity index is 558. The summed E-state index contributed by atoms with van der Waals surface area (Å²) < 4.78 is 0. The number of rotatable bonds is 4. The van der Waals surface area contributed by atoms with Crippen LogP contribution in [0.5, 0.6) is 0 Å². The maximum Gasteiger partial charge on any atom is 0.307 e. The molecule has 1 aromatic heterocycles. The number of hydrogen-bond acceptors (Lipinski definition) is 4. The molecular formula is C14H15N3O3. The lowest BCUT2D eigenvalue weighted by molar-refractivity contribution is -0.147. The van der Waals surface area contributed by atoms with Crippen molar-refractivity contribution < 1.29 is 14.7 Å². The van der Waals surface area contributed by atoms with Gasteiger partial charge in [0.2, 0.25) is 5.91 Å². The van der Waals surface area contributed by atoms with Gasteiger partial charge in [0.15, 0.2) is 0 Å². The third-order valence-electron chi connectivity index (χ3n) is 4.11. The number of carbonyl (C=O) groups excluding carboxylic acids is 1. The number of aromatic nitrogens is 2. The Morgan fingerprint density at radius 1 is 1.25 bits per heavy atom. The number of carboxylic acid groups (broad SMARTS) is 1. The Kier molecular flexibility index (Phi) is 3.22. The van der Waals surface area contributed by atoms with E-state index in [2.05, 4.69) is 15.3 Å². The van der Waals surface area contributed by atoms with Gasteiger partial charge >= 0.3 is 5.97 Å². The average molecular weight is 273 g/mol. The molecule has 1 aromatic rings. The fourth-order valence-corrected chi connectivity index (χ4v) is 3.23. The third-order valence-corrected chi connectivity index (χ3v) is 4.11. The topological polar surface area (TPSA) is 92.2 Å². The lowest BCUT2D eigenvalue weighted by atomic mass is 9.82. The van der Waals surface area contributed by atoms with Crippen LogP contribution in [0.4, 0.5) is 0 Å². The van der Waals surface area contributed by atoms with Crippen molar-refractivity contribution >= 4 is 11.9 Å². The van der Waals surface area contributed by atoms with E-state index >= 15 is 0 Å². The fourth-order valence-electron chi connectivity index (χ4n) is 3.23. The Balaban J connectivity index is 1.68. The minimum atomic E-state index is -0.887. The second kappa shape index (κ2) is 5.03. The van der Waals surface area contributed by atoms with Gasteiger partial charge in [-0.1, -0.05) is 12.2 Å². The molecule has 2 N–H and O–H groups in total. The van der Waals surface area contributed by atoms with Crippen LogP contribution in [0.15, 0.2) is 30.7 Å². The molecule has 2 bridgehead atoms. The summed E-state index contributed by atoms with van der Waals surface area (Å²) >= 11 is 0. The Hall–Kier alpha value is -2.24. The number of carboxylic acids is 1. The van der Waals surface area contributed by atoms with Crippen LogP contribution in [0.2, 0.25) is 0 Å². The van der Waals surface area contributed by atoms with Crippen LogP contribution in [-0.4, -0.2) is 27.0 Å². The highest BCUT2D eigenvalue weighted by molar-refractivity contribution is 5.86. The summed E-state index contributed by atoms with van der Waals surface area (Å²) in [7, 11) is 0. The number of fused-ring (bicyclic) bond motifs is 2. The van der Waals surface area contributed by atoms with Crippen LogP contribution in [0.25, 0.3) is 0 Å². The van der Waals surface area contributed by atoms with Crippen molar-refractivity contribution in [1.82, 2.24) is 15.3 Å². The second-order valence-electron chi connectivity index (χ2n) is 5.25. The summed E-state index contributed by atoms with van der Waals surface area (Å²) in [5, 5.41) is 12.1. The zero-order valence-electron chi connectivity index (χ0n) is 10.8. The van der Waals surface area contributed by atoms with Crippen LogP contribution in [0, 0.1) is 23.7 Å². The van der Waals surface area contributed by atoms with Gasteiger partial charge in [-0.2, -0.15) is 0 Å². The smallest absolute Gasteiger partial charge is 0.307 e. The highest BCUT2D eigenvalue weighted by Gasteiger charge is 2.51. The van der Waals surface area contributed by atoms with Gasteiger partial charge in [-0.05, 0) is 18.3 Å². The normalized spacial score (nSPS) is 30.4. The molecule has 6 heteroatoms. The van der Waals surface area contributed by atoms with E-state index in [0.29, 0.717) is 5.69 Å². The van der Waals surface area contributed by atoms with Crippen LogP contribution in [0.1, 0.15) is 12.1 Å². The van der Waals surface area contributed by atoms with Crippen LogP contribution in [0.3, 0.4) is 0 Å². The van der Waals surface area contributed by atoms with Crippen LogP contribution in [-0.2, 0) is 16.1 Å². The molecule has 20 heavy (non-hydrogen) atoms. The molecule has 0 radical (unpaired) electrons. The fraction of sp³-hybridized carbons (Fsp3) is 0.429. The van der Waals surface area contributed by atoms with Crippen molar-refractivity contribution in [3.05, 3.63) is 36.4 Å². The monoisotopic (exact) mass is 273 g/mol. The first kappa shape index (κ1) is 12.8. The number of nitrogens with zero attached hydrogens (tertiary/aromatic N) is 2. The Morgan fingerprint density at radius 2 is 2.00 bits per heavy atom. The summed E-state index contributed by atoms with van der Waals surface area (Å²) in [4.78, 5) is 31.6. The van der Waals surface area contributed by atoms with Gasteiger partial charge < -0.3 is 10.4 Å². The number of nitrogens with one attached hydrogen (secondary N) is 1. The number of carbonyl (C=O) groups is 2. The molecule has 2 aliphatic carbocycles. The molecule has 4 atom stereocenters. The maximum absolute atomic E-state index is 12.3. The molecule has 6 nitrogen and oxygen atoms in total. The SMILES string of the molecule is O=C(O)C1C2C=CC(C2)C1C(=O)NCc1cnccn1. The predicted octanol–water partition coefficient (Wildman–Crippen LogP) is 0.616. The van der Waals surface area contributed by atoms with Crippen molar-refractivity contribution in [3.63, 3.8) is 0 Å². The van der Waals surface area contributed by atoms with Crippen molar-refractivity contribution in [2.24, 2.45) is 23.7 Å². The lowest BCUT2D eigenvalue weighted by Gasteiger charge is -2.23. The molecule has 2 aliphatic rings. The first-order chi connectivity index (χ1) is 9.66. The molecule has 0 aromatic carbocycles. The third kappa shape index (κ3) is 2.17. The first-order valence-electron chi connectivity index (χ1n) is 6.60. The minimum Gasteiger partial charge on any atom is -0.481 e. The summed E-state index contributed by atoms with van der Waals surface area (Å²) in [6.45, 7) is 0.274. The first-order valence-corrected chi connectivity index (χ1v) is 6.60. The zero-order chi connectivity index (χ0) is 14.1. The lowest BCUT2D eigenvalue weighted by Crippen LogP contribution is -2.40. The maximum atomic E-state index is 12.3. The van der Waals surface area contributed by atoms with E-state index in [1.807, 2.05) is 12.2 Å². The average Bonchev–Trinajstić information content (AvgIpc) is 3.06. The number of allylic oxidation sites excluding steroid dienone is 2. The molecule has 1 amide bonds. The number of amides is 1. The molecule has 1 heterocycles. The largest absolute Gasteiger partial charge is 0.481 e. The van der Waals surface area contributed by atoms with Gasteiger partial charge in [0.25, 0.3) is 0 Å². The minimum absolute atomic E-state index is 0.00948. The molecular weight excluding hydrogens is 258 g/mol. The van der Waals surface area contributed by atoms with Gasteiger partial charge in [0, 0.05) is 12.4 Å². The molecule has 1 fully saturated rings. The highest BCUT2D eigenvalue weighted by Crippen LogP contribution is 2.48. The Labute approximate surface area is 115 Å². The molecule has 104 valence electrons. The van der Waals surface area contributed by atoms with E-state index in [-0.39, 0.29) is 24.3 Å². The van der Waals surface area contributed by atoms with Crippen molar-refractivity contribution in [2.75, 3.05) is 0 Å². The predicted molar refractivity (Wildman–Crippen MR) is 69.2 cm³/mol. The zero-order valence-corrected chi connectivity index (χ0v) is 10.8. The molecule has 0 aliphatic heterocycles. The number of aliphatic carboxylic acids is 1. The molecule has 3 rings (SSSR count). The molecule has 1 saturated carbocycles. The van der Waals surface area contributed by atoms with Gasteiger partial charge in [0.05, 0.1) is 30.3 Å². The van der Waals surface area contributed by atoms with Crippen molar-refractivity contribution in [2.45, 2.75) is 13.0 Å². The van der Waals surface area contributed by atoms with Crippen molar-refractivity contribution in [1.29, 1.82) is 0 Å². The van der Waals surface area contributed by atoms with Gasteiger partial charge in [-0.25, -0.2) is 0 Å². The van der Waals surface area contributed by atoms with E-state index in [0.717, 1.165) is 6.42 Å².